The van der Waals surface area contributed by atoms with Gasteiger partial charge >= 0.3 is 0 Å². The number of amides is 2. The number of benzene rings is 1. The molecule has 0 aliphatic carbocycles. The van der Waals surface area contributed by atoms with E-state index in [0.29, 0.717) is 30.6 Å². The topological polar surface area (TPSA) is 101 Å². The summed E-state index contributed by atoms with van der Waals surface area (Å²) in [5.74, 6) is 1.87. The van der Waals surface area contributed by atoms with Gasteiger partial charge in [0.2, 0.25) is 11.9 Å². The van der Waals surface area contributed by atoms with Gasteiger partial charge in [-0.25, -0.2) is 4.68 Å². The molecule has 0 spiro atoms. The number of aromatic nitrogens is 3. The Kier molecular flexibility index (Phi) is 5.75. The number of rotatable bonds is 6. The standard InChI is InChI=1S/C20H26N6O3/c1-25-20(23-19(24-25)14-7-9-21-10-8-14)22-17(27)13-29-16-5-2-4-15(12-16)26-11-3-6-18(26)28/h2,4-5,12,14,21H,3,6-11,13H2,1H3,(H,22,23,24,27). The summed E-state index contributed by atoms with van der Waals surface area (Å²) in [5.41, 5.74) is 0.797. The Labute approximate surface area is 169 Å². The molecule has 0 radical (unpaired) electrons. The SMILES string of the molecule is Cn1nc(C2CCNCC2)nc1NC(=O)COc1cccc(N2CCCC2=O)c1. The summed E-state index contributed by atoms with van der Waals surface area (Å²) in [7, 11) is 1.77. The molecule has 3 heterocycles. The lowest BCUT2D eigenvalue weighted by atomic mass is 9.98. The van der Waals surface area contributed by atoms with E-state index in [0.717, 1.165) is 43.9 Å². The number of hydrogen-bond donors (Lipinski definition) is 2. The molecule has 1 aromatic carbocycles. The first kappa shape index (κ1) is 19.4. The van der Waals surface area contributed by atoms with Crippen LogP contribution >= 0.6 is 0 Å². The van der Waals surface area contributed by atoms with Crippen LogP contribution in [0.5, 0.6) is 5.75 Å². The molecule has 29 heavy (non-hydrogen) atoms. The Morgan fingerprint density at radius 1 is 1.34 bits per heavy atom. The van der Waals surface area contributed by atoms with Crippen molar-refractivity contribution < 1.29 is 14.3 Å². The van der Waals surface area contributed by atoms with E-state index in [2.05, 4.69) is 20.7 Å². The molecule has 2 aliphatic rings. The maximum atomic E-state index is 12.3. The molecule has 0 unspecified atom stereocenters. The van der Waals surface area contributed by atoms with Gasteiger partial charge in [0, 0.05) is 37.7 Å². The molecule has 0 saturated carbocycles. The van der Waals surface area contributed by atoms with Crippen molar-refractivity contribution in [1.29, 1.82) is 0 Å². The molecule has 154 valence electrons. The largest absolute Gasteiger partial charge is 0.484 e. The predicted molar refractivity (Wildman–Crippen MR) is 108 cm³/mol. The molecule has 1 aromatic heterocycles. The zero-order valence-electron chi connectivity index (χ0n) is 16.6. The highest BCUT2D eigenvalue weighted by Gasteiger charge is 2.23. The second kappa shape index (κ2) is 8.60. The first-order valence-corrected chi connectivity index (χ1v) is 10.0. The summed E-state index contributed by atoms with van der Waals surface area (Å²) >= 11 is 0. The Hall–Kier alpha value is -2.94. The van der Waals surface area contributed by atoms with Gasteiger partial charge in [0.15, 0.2) is 12.4 Å². The number of nitrogens with one attached hydrogen (secondary N) is 2. The molecule has 2 aliphatic heterocycles. The van der Waals surface area contributed by atoms with Crippen LogP contribution in [-0.2, 0) is 16.6 Å². The fourth-order valence-electron chi connectivity index (χ4n) is 3.74. The van der Waals surface area contributed by atoms with Gasteiger partial charge in [-0.05, 0) is 44.5 Å². The number of aryl methyl sites for hydroxylation is 1. The van der Waals surface area contributed by atoms with Crippen molar-refractivity contribution in [1.82, 2.24) is 20.1 Å². The van der Waals surface area contributed by atoms with Crippen LogP contribution in [-0.4, -0.2) is 52.8 Å². The zero-order valence-corrected chi connectivity index (χ0v) is 16.6. The third-order valence-electron chi connectivity index (χ3n) is 5.31. The number of anilines is 2. The molecule has 2 saturated heterocycles. The van der Waals surface area contributed by atoms with Crippen molar-refractivity contribution in [3.63, 3.8) is 0 Å². The average molecular weight is 398 g/mol. The average Bonchev–Trinajstić information content (AvgIpc) is 3.33. The Morgan fingerprint density at radius 2 is 2.17 bits per heavy atom. The van der Waals surface area contributed by atoms with E-state index in [1.807, 2.05) is 12.1 Å². The molecular weight excluding hydrogens is 372 g/mol. The van der Waals surface area contributed by atoms with Crippen molar-refractivity contribution in [3.8, 4) is 5.75 Å². The third kappa shape index (κ3) is 4.56. The minimum Gasteiger partial charge on any atom is -0.484 e. The fourth-order valence-corrected chi connectivity index (χ4v) is 3.74. The van der Waals surface area contributed by atoms with Gasteiger partial charge in [-0.15, -0.1) is 0 Å². The van der Waals surface area contributed by atoms with Crippen LogP contribution in [0.2, 0.25) is 0 Å². The molecule has 9 nitrogen and oxygen atoms in total. The molecule has 2 N–H and O–H groups in total. The molecule has 2 fully saturated rings. The molecule has 2 aromatic rings. The number of nitrogens with zero attached hydrogens (tertiary/aromatic N) is 4. The maximum Gasteiger partial charge on any atom is 0.264 e. The molecule has 9 heteroatoms. The highest BCUT2D eigenvalue weighted by molar-refractivity contribution is 5.95. The molecular formula is C20H26N6O3. The second-order valence-electron chi connectivity index (χ2n) is 7.42. The highest BCUT2D eigenvalue weighted by atomic mass is 16.5. The third-order valence-corrected chi connectivity index (χ3v) is 5.31. The second-order valence-corrected chi connectivity index (χ2v) is 7.42. The maximum absolute atomic E-state index is 12.3. The lowest BCUT2D eigenvalue weighted by Gasteiger charge is -2.19. The van der Waals surface area contributed by atoms with Crippen LogP contribution < -0.4 is 20.3 Å². The van der Waals surface area contributed by atoms with Gasteiger partial charge in [0.25, 0.3) is 5.91 Å². The van der Waals surface area contributed by atoms with Gasteiger partial charge in [0.05, 0.1) is 0 Å². The van der Waals surface area contributed by atoms with E-state index < -0.39 is 0 Å². The summed E-state index contributed by atoms with van der Waals surface area (Å²) in [6.45, 7) is 2.49. The van der Waals surface area contributed by atoms with Crippen molar-refractivity contribution in [2.75, 3.05) is 36.5 Å². The van der Waals surface area contributed by atoms with Crippen molar-refractivity contribution in [2.45, 2.75) is 31.6 Å². The highest BCUT2D eigenvalue weighted by Crippen LogP contribution is 2.26. The van der Waals surface area contributed by atoms with Crippen LogP contribution in [0, 0.1) is 0 Å². The van der Waals surface area contributed by atoms with Crippen molar-refractivity contribution in [3.05, 3.63) is 30.1 Å². The summed E-state index contributed by atoms with van der Waals surface area (Å²) in [5, 5.41) is 10.5. The van der Waals surface area contributed by atoms with Crippen LogP contribution in [0.15, 0.2) is 24.3 Å². The number of carbonyl (C=O) groups is 2. The normalized spacial score (nSPS) is 17.6. The molecule has 2 amide bonds. The van der Waals surface area contributed by atoms with Crippen LogP contribution in [0.4, 0.5) is 11.6 Å². The van der Waals surface area contributed by atoms with E-state index in [-0.39, 0.29) is 18.4 Å². The van der Waals surface area contributed by atoms with E-state index in [1.165, 1.54) is 0 Å². The summed E-state index contributed by atoms with van der Waals surface area (Å²) in [4.78, 5) is 30.5. The number of ether oxygens (including phenoxy) is 1. The number of carbonyl (C=O) groups excluding carboxylic acids is 2. The number of hydrogen-bond acceptors (Lipinski definition) is 6. The lowest BCUT2D eigenvalue weighted by molar-refractivity contribution is -0.118. The Morgan fingerprint density at radius 3 is 2.93 bits per heavy atom. The quantitative estimate of drug-likeness (QED) is 0.763. The summed E-state index contributed by atoms with van der Waals surface area (Å²) in [6, 6.07) is 7.25. The van der Waals surface area contributed by atoms with Gasteiger partial charge in [-0.2, -0.15) is 10.1 Å². The smallest absolute Gasteiger partial charge is 0.264 e. The number of piperidine rings is 1. The van der Waals surface area contributed by atoms with E-state index in [4.69, 9.17) is 4.74 Å². The van der Waals surface area contributed by atoms with Crippen molar-refractivity contribution >= 4 is 23.5 Å². The van der Waals surface area contributed by atoms with Crippen LogP contribution in [0.3, 0.4) is 0 Å². The lowest BCUT2D eigenvalue weighted by Crippen LogP contribution is -2.27. The van der Waals surface area contributed by atoms with Crippen molar-refractivity contribution in [2.24, 2.45) is 7.05 Å². The van der Waals surface area contributed by atoms with Gasteiger partial charge in [-0.3, -0.25) is 14.9 Å². The van der Waals surface area contributed by atoms with Gasteiger partial charge < -0.3 is 15.0 Å². The minimum atomic E-state index is -0.306. The van der Waals surface area contributed by atoms with Crippen LogP contribution in [0.25, 0.3) is 0 Å². The minimum absolute atomic E-state index is 0.117. The van der Waals surface area contributed by atoms with Gasteiger partial charge in [-0.1, -0.05) is 6.07 Å². The first-order chi connectivity index (χ1) is 14.1. The fraction of sp³-hybridized carbons (Fsp3) is 0.500. The van der Waals surface area contributed by atoms with E-state index in [9.17, 15) is 9.59 Å². The zero-order chi connectivity index (χ0) is 20.2. The predicted octanol–water partition coefficient (Wildman–Crippen LogP) is 1.43. The Balaban J connectivity index is 1.33. The molecule has 0 atom stereocenters. The van der Waals surface area contributed by atoms with E-state index >= 15 is 0 Å². The van der Waals surface area contributed by atoms with E-state index in [1.54, 1.807) is 28.8 Å². The first-order valence-electron chi connectivity index (χ1n) is 10.0. The molecule has 0 bridgehead atoms. The Bertz CT molecular complexity index is 890. The van der Waals surface area contributed by atoms with Gasteiger partial charge in [0.1, 0.15) is 5.75 Å². The monoisotopic (exact) mass is 398 g/mol. The summed E-state index contributed by atoms with van der Waals surface area (Å²) < 4.78 is 7.21. The molecule has 4 rings (SSSR count). The van der Waals surface area contributed by atoms with Crippen LogP contribution in [0.1, 0.15) is 37.4 Å². The summed E-state index contributed by atoms with van der Waals surface area (Å²) in [6.07, 6.45) is 3.43.